The van der Waals surface area contributed by atoms with E-state index in [4.69, 9.17) is 9.47 Å². The molecule has 0 aromatic heterocycles. The quantitative estimate of drug-likeness (QED) is 0.566. The van der Waals surface area contributed by atoms with E-state index in [9.17, 15) is 13.2 Å². The molecule has 2 aromatic rings. The number of methoxy groups -OCH3 is 1. The molecule has 1 N–H and O–H groups in total. The molecule has 166 valence electrons. The average Bonchev–Trinajstić information content (AvgIpc) is 3.32. The van der Waals surface area contributed by atoms with E-state index >= 15 is 0 Å². The van der Waals surface area contributed by atoms with E-state index in [1.807, 2.05) is 0 Å². The maximum Gasteiger partial charge on any atom is 0.243 e. The van der Waals surface area contributed by atoms with Gasteiger partial charge in [-0.25, -0.2) is 8.42 Å². The van der Waals surface area contributed by atoms with Gasteiger partial charge in [0.1, 0.15) is 18.1 Å². The molecule has 3 rings (SSSR count). The fourth-order valence-corrected chi connectivity index (χ4v) is 5.05. The Labute approximate surface area is 183 Å². The van der Waals surface area contributed by atoms with Gasteiger partial charge in [0, 0.05) is 31.3 Å². The van der Waals surface area contributed by atoms with E-state index in [1.165, 1.54) is 11.4 Å². The van der Waals surface area contributed by atoms with Gasteiger partial charge in [-0.2, -0.15) is 4.31 Å². The maximum absolute atomic E-state index is 12.9. The van der Waals surface area contributed by atoms with Crippen molar-refractivity contribution in [2.45, 2.75) is 30.6 Å². The summed E-state index contributed by atoms with van der Waals surface area (Å²) in [7, 11) is -2.00. The number of benzene rings is 2. The molecule has 0 unspecified atom stereocenters. The number of aryl methyl sites for hydroxylation is 1. The number of amides is 1. The molecule has 1 amide bonds. The standard InChI is InChI=1S/C23H28N2O5S/c1-3-15-30-20-8-6-7-19(17-20)24-23(26)12-9-18-16-21(10-11-22(18)29-2)31(27,28)25-13-4-5-14-25/h3,6-8,10-11,16-17H,1,4-5,9,12-15H2,2H3,(H,24,26). The normalized spacial score (nSPS) is 14.2. The van der Waals surface area contributed by atoms with Crippen molar-refractivity contribution in [2.24, 2.45) is 0 Å². The van der Waals surface area contributed by atoms with E-state index in [0.717, 1.165) is 12.8 Å². The van der Waals surface area contributed by atoms with Gasteiger partial charge in [-0.05, 0) is 55.2 Å². The highest BCUT2D eigenvalue weighted by molar-refractivity contribution is 7.89. The van der Waals surface area contributed by atoms with Crippen molar-refractivity contribution in [3.05, 3.63) is 60.7 Å². The lowest BCUT2D eigenvalue weighted by Gasteiger charge is -2.17. The number of hydrogen-bond donors (Lipinski definition) is 1. The molecule has 0 bridgehead atoms. The first-order valence-corrected chi connectivity index (χ1v) is 11.7. The van der Waals surface area contributed by atoms with Crippen LogP contribution >= 0.6 is 0 Å². The Morgan fingerprint density at radius 3 is 2.68 bits per heavy atom. The van der Waals surface area contributed by atoms with Gasteiger partial charge < -0.3 is 14.8 Å². The van der Waals surface area contributed by atoms with Crippen molar-refractivity contribution in [1.82, 2.24) is 4.31 Å². The summed E-state index contributed by atoms with van der Waals surface area (Å²) in [5.74, 6) is 1.02. The topological polar surface area (TPSA) is 84.9 Å². The summed E-state index contributed by atoms with van der Waals surface area (Å²) in [5.41, 5.74) is 1.31. The average molecular weight is 445 g/mol. The first-order chi connectivity index (χ1) is 14.9. The summed E-state index contributed by atoms with van der Waals surface area (Å²) in [6, 6.07) is 11.9. The van der Waals surface area contributed by atoms with E-state index in [1.54, 1.807) is 48.5 Å². The molecule has 2 aromatic carbocycles. The van der Waals surface area contributed by atoms with Crippen molar-refractivity contribution >= 4 is 21.6 Å². The Balaban J connectivity index is 1.67. The molecule has 0 saturated carbocycles. The van der Waals surface area contributed by atoms with Gasteiger partial charge in [0.25, 0.3) is 0 Å². The predicted molar refractivity (Wildman–Crippen MR) is 120 cm³/mol. The Morgan fingerprint density at radius 1 is 1.19 bits per heavy atom. The molecule has 0 radical (unpaired) electrons. The third kappa shape index (κ3) is 5.86. The van der Waals surface area contributed by atoms with Gasteiger partial charge in [0.15, 0.2) is 0 Å². The molecule has 1 aliphatic heterocycles. The van der Waals surface area contributed by atoms with E-state index in [2.05, 4.69) is 11.9 Å². The van der Waals surface area contributed by atoms with Crippen molar-refractivity contribution in [1.29, 1.82) is 0 Å². The first kappa shape index (κ1) is 22.8. The second-order valence-corrected chi connectivity index (χ2v) is 9.20. The zero-order chi connectivity index (χ0) is 22.3. The van der Waals surface area contributed by atoms with Gasteiger partial charge >= 0.3 is 0 Å². The van der Waals surface area contributed by atoms with Gasteiger partial charge in [0.2, 0.25) is 15.9 Å². The number of ether oxygens (including phenoxy) is 2. The molecule has 8 heteroatoms. The summed E-state index contributed by atoms with van der Waals surface area (Å²) < 4.78 is 38.1. The SMILES string of the molecule is C=CCOc1cccc(NC(=O)CCc2cc(S(=O)(=O)N3CCCC3)ccc2OC)c1. The summed E-state index contributed by atoms with van der Waals surface area (Å²) >= 11 is 0. The number of carbonyl (C=O) groups excluding carboxylic acids is 1. The van der Waals surface area contributed by atoms with Crippen LogP contribution in [0.2, 0.25) is 0 Å². The maximum atomic E-state index is 12.9. The number of sulfonamides is 1. The highest BCUT2D eigenvalue weighted by Crippen LogP contribution is 2.27. The minimum absolute atomic E-state index is 0.182. The number of rotatable bonds is 10. The van der Waals surface area contributed by atoms with Crippen LogP contribution < -0.4 is 14.8 Å². The van der Waals surface area contributed by atoms with Gasteiger partial charge in [-0.3, -0.25) is 4.79 Å². The molecule has 0 atom stereocenters. The molecular formula is C23H28N2O5S. The lowest BCUT2D eigenvalue weighted by atomic mass is 10.1. The molecule has 1 aliphatic rings. The number of nitrogens with one attached hydrogen (secondary N) is 1. The van der Waals surface area contributed by atoms with Crippen LogP contribution in [-0.2, 0) is 21.2 Å². The monoisotopic (exact) mass is 444 g/mol. The highest BCUT2D eigenvalue weighted by Gasteiger charge is 2.27. The molecule has 0 spiro atoms. The van der Waals surface area contributed by atoms with Gasteiger partial charge in [-0.15, -0.1) is 0 Å². The fraction of sp³-hybridized carbons (Fsp3) is 0.348. The van der Waals surface area contributed by atoms with Crippen molar-refractivity contribution in [3.8, 4) is 11.5 Å². The summed E-state index contributed by atoms with van der Waals surface area (Å²) in [6.45, 7) is 5.08. The van der Waals surface area contributed by atoms with Crippen LogP contribution in [-0.4, -0.2) is 45.4 Å². The Bertz CT molecular complexity index is 1030. The van der Waals surface area contributed by atoms with Crippen LogP contribution in [0.1, 0.15) is 24.8 Å². The van der Waals surface area contributed by atoms with Crippen LogP contribution in [0.3, 0.4) is 0 Å². The number of carbonyl (C=O) groups is 1. The minimum Gasteiger partial charge on any atom is -0.496 e. The van der Waals surface area contributed by atoms with E-state index < -0.39 is 10.0 Å². The lowest BCUT2D eigenvalue weighted by Crippen LogP contribution is -2.28. The van der Waals surface area contributed by atoms with Crippen molar-refractivity contribution in [3.63, 3.8) is 0 Å². The zero-order valence-corrected chi connectivity index (χ0v) is 18.5. The number of nitrogens with zero attached hydrogens (tertiary/aromatic N) is 1. The van der Waals surface area contributed by atoms with Crippen molar-refractivity contribution in [2.75, 3.05) is 32.1 Å². The Hall–Kier alpha value is -2.84. The zero-order valence-electron chi connectivity index (χ0n) is 17.7. The largest absolute Gasteiger partial charge is 0.496 e. The second kappa shape index (κ2) is 10.5. The van der Waals surface area contributed by atoms with Crippen LogP contribution in [0, 0.1) is 0 Å². The molecule has 1 heterocycles. The molecule has 31 heavy (non-hydrogen) atoms. The highest BCUT2D eigenvalue weighted by atomic mass is 32.2. The molecule has 0 aliphatic carbocycles. The molecular weight excluding hydrogens is 416 g/mol. The third-order valence-electron chi connectivity index (χ3n) is 5.06. The number of anilines is 1. The molecule has 1 fully saturated rings. The smallest absolute Gasteiger partial charge is 0.243 e. The molecule has 7 nitrogen and oxygen atoms in total. The van der Waals surface area contributed by atoms with Gasteiger partial charge in [0.05, 0.1) is 12.0 Å². The van der Waals surface area contributed by atoms with Crippen molar-refractivity contribution < 1.29 is 22.7 Å². The summed E-state index contributed by atoms with van der Waals surface area (Å²) in [5, 5.41) is 2.84. The van der Waals surface area contributed by atoms with E-state index in [-0.39, 0.29) is 17.2 Å². The number of hydrogen-bond acceptors (Lipinski definition) is 5. The fourth-order valence-electron chi connectivity index (χ4n) is 3.48. The minimum atomic E-state index is -3.53. The Kier molecular flexibility index (Phi) is 7.70. The van der Waals surface area contributed by atoms with Crippen LogP contribution in [0.5, 0.6) is 11.5 Å². The van der Waals surface area contributed by atoms with Gasteiger partial charge in [-0.1, -0.05) is 18.7 Å². The van der Waals surface area contributed by atoms with Crippen LogP contribution in [0.15, 0.2) is 60.0 Å². The Morgan fingerprint density at radius 2 is 1.97 bits per heavy atom. The second-order valence-electron chi connectivity index (χ2n) is 7.26. The summed E-state index contributed by atoms with van der Waals surface area (Å²) in [4.78, 5) is 12.7. The van der Waals surface area contributed by atoms with Crippen LogP contribution in [0.25, 0.3) is 0 Å². The first-order valence-electron chi connectivity index (χ1n) is 10.2. The van der Waals surface area contributed by atoms with E-state index in [0.29, 0.717) is 48.9 Å². The van der Waals surface area contributed by atoms with Crippen LogP contribution in [0.4, 0.5) is 5.69 Å². The molecule has 1 saturated heterocycles. The third-order valence-corrected chi connectivity index (χ3v) is 6.96. The summed E-state index contributed by atoms with van der Waals surface area (Å²) in [6.07, 6.45) is 3.94. The lowest BCUT2D eigenvalue weighted by molar-refractivity contribution is -0.116. The predicted octanol–water partition coefficient (Wildman–Crippen LogP) is 3.62.